The van der Waals surface area contributed by atoms with E-state index in [4.69, 9.17) is 4.74 Å². The van der Waals surface area contributed by atoms with Crippen molar-refractivity contribution in [1.82, 2.24) is 4.98 Å². The highest BCUT2D eigenvalue weighted by molar-refractivity contribution is 7.20. The number of amides is 2. The van der Waals surface area contributed by atoms with Gasteiger partial charge in [0, 0.05) is 5.38 Å². The van der Waals surface area contributed by atoms with Crippen molar-refractivity contribution in [2.45, 2.75) is 6.42 Å². The maximum absolute atomic E-state index is 12.5. The Morgan fingerprint density at radius 1 is 1.18 bits per heavy atom. The molecule has 2 aromatic heterocycles. The molecule has 7 nitrogen and oxygen atoms in total. The normalized spacial score (nSPS) is 13.0. The number of thiazole rings is 1. The van der Waals surface area contributed by atoms with E-state index < -0.39 is 18.5 Å². The number of nitrogens with zero attached hydrogens (tertiary/aromatic N) is 2. The summed E-state index contributed by atoms with van der Waals surface area (Å²) in [6.07, 6.45) is -0.00771. The number of carbonyl (C=O) groups is 3. The zero-order valence-corrected chi connectivity index (χ0v) is 16.2. The molecule has 1 aromatic carbocycles. The molecule has 3 heterocycles. The third-order valence-electron chi connectivity index (χ3n) is 4.04. The summed E-state index contributed by atoms with van der Waals surface area (Å²) >= 11 is 3.04. The van der Waals surface area contributed by atoms with E-state index in [-0.39, 0.29) is 18.9 Å². The second kappa shape index (κ2) is 7.91. The van der Waals surface area contributed by atoms with Gasteiger partial charge in [0.2, 0.25) is 5.91 Å². The van der Waals surface area contributed by atoms with Crippen molar-refractivity contribution in [1.29, 1.82) is 0 Å². The second-order valence-electron chi connectivity index (χ2n) is 6.00. The number of thiophene rings is 1. The van der Waals surface area contributed by atoms with E-state index in [1.54, 1.807) is 35.6 Å². The molecule has 3 aromatic rings. The fourth-order valence-electron chi connectivity index (χ4n) is 2.78. The lowest BCUT2D eigenvalue weighted by Crippen LogP contribution is -2.44. The van der Waals surface area contributed by atoms with Crippen LogP contribution in [0.4, 0.5) is 11.4 Å². The number of hydrogen-bond acceptors (Lipinski definition) is 7. The molecule has 2 amide bonds. The predicted octanol–water partition coefficient (Wildman–Crippen LogP) is 2.94. The van der Waals surface area contributed by atoms with Crippen molar-refractivity contribution in [2.24, 2.45) is 0 Å². The molecule has 1 N–H and O–H groups in total. The number of ether oxygens (including phenoxy) is 1. The lowest BCUT2D eigenvalue weighted by molar-refractivity contribution is -0.147. The third kappa shape index (κ3) is 3.95. The number of carbonyl (C=O) groups excluding carboxylic acids is 3. The van der Waals surface area contributed by atoms with E-state index in [9.17, 15) is 14.4 Å². The molecule has 0 bridgehead atoms. The molecule has 9 heteroatoms. The minimum atomic E-state index is -0.536. The lowest BCUT2D eigenvalue weighted by Gasteiger charge is -2.28. The summed E-state index contributed by atoms with van der Waals surface area (Å²) in [4.78, 5) is 43.2. The Morgan fingerprint density at radius 2 is 2.04 bits per heavy atom. The maximum Gasteiger partial charge on any atom is 0.312 e. The van der Waals surface area contributed by atoms with Crippen LogP contribution < -0.4 is 10.2 Å². The standard InChI is InChI=1S/C19H15N3O4S2/c23-16-9-22(14-5-2-1-4-13(14)21-16)17(24)10-26-18(25)8-12-11-28-19(20-12)15-6-3-7-27-15/h1-7,11H,8-10H2,(H,21,23). The van der Waals surface area contributed by atoms with Crippen LogP contribution in [0.3, 0.4) is 0 Å². The molecule has 0 unspecified atom stereocenters. The number of rotatable bonds is 5. The van der Waals surface area contributed by atoms with Gasteiger partial charge in [-0.1, -0.05) is 18.2 Å². The summed E-state index contributed by atoms with van der Waals surface area (Å²) in [5.41, 5.74) is 1.75. The first-order chi connectivity index (χ1) is 13.6. The van der Waals surface area contributed by atoms with E-state index in [0.717, 1.165) is 9.88 Å². The predicted molar refractivity (Wildman–Crippen MR) is 108 cm³/mol. The van der Waals surface area contributed by atoms with Crippen molar-refractivity contribution in [2.75, 3.05) is 23.4 Å². The van der Waals surface area contributed by atoms with E-state index in [0.29, 0.717) is 17.1 Å². The summed E-state index contributed by atoms with van der Waals surface area (Å²) in [5, 5.41) is 7.34. The largest absolute Gasteiger partial charge is 0.455 e. The number of nitrogens with one attached hydrogen (secondary N) is 1. The molecule has 4 rings (SSSR count). The maximum atomic E-state index is 12.5. The van der Waals surface area contributed by atoms with Crippen LogP contribution in [-0.4, -0.2) is 35.9 Å². The first kappa shape index (κ1) is 18.3. The van der Waals surface area contributed by atoms with Gasteiger partial charge in [0.05, 0.1) is 28.4 Å². The minimum absolute atomic E-state index is 0.00771. The minimum Gasteiger partial charge on any atom is -0.455 e. The molecule has 0 fully saturated rings. The molecule has 0 atom stereocenters. The molecular formula is C19H15N3O4S2. The van der Waals surface area contributed by atoms with Crippen molar-refractivity contribution in [3.05, 3.63) is 52.9 Å². The fraction of sp³-hybridized carbons (Fsp3) is 0.158. The molecule has 0 saturated carbocycles. The summed E-state index contributed by atoms with van der Waals surface area (Å²) in [6.45, 7) is -0.536. The number of aromatic nitrogens is 1. The van der Waals surface area contributed by atoms with Gasteiger partial charge in [-0.3, -0.25) is 19.3 Å². The summed E-state index contributed by atoms with van der Waals surface area (Å²) in [5.74, 6) is -1.28. The van der Waals surface area contributed by atoms with Crippen LogP contribution in [0.5, 0.6) is 0 Å². The molecule has 1 aliphatic rings. The Bertz CT molecular complexity index is 1030. The number of fused-ring (bicyclic) bond motifs is 1. The fourth-order valence-corrected chi connectivity index (χ4v) is 4.41. The summed E-state index contributed by atoms with van der Waals surface area (Å²) in [6, 6.07) is 10.9. The highest BCUT2D eigenvalue weighted by Crippen LogP contribution is 2.29. The Morgan fingerprint density at radius 3 is 2.86 bits per heavy atom. The van der Waals surface area contributed by atoms with Gasteiger partial charge in [0.1, 0.15) is 11.6 Å². The van der Waals surface area contributed by atoms with Crippen LogP contribution in [0.25, 0.3) is 9.88 Å². The van der Waals surface area contributed by atoms with Gasteiger partial charge < -0.3 is 10.1 Å². The van der Waals surface area contributed by atoms with Gasteiger partial charge >= 0.3 is 5.97 Å². The zero-order valence-electron chi connectivity index (χ0n) is 14.6. The SMILES string of the molecule is O=C1CN(C(=O)COC(=O)Cc2csc(-c3cccs3)n2)c2ccccc2N1. The van der Waals surface area contributed by atoms with Gasteiger partial charge in [-0.05, 0) is 23.6 Å². The first-order valence-electron chi connectivity index (χ1n) is 8.43. The van der Waals surface area contributed by atoms with Gasteiger partial charge in [-0.25, -0.2) is 4.98 Å². The summed E-state index contributed by atoms with van der Waals surface area (Å²) in [7, 11) is 0. The van der Waals surface area contributed by atoms with E-state index in [2.05, 4.69) is 10.3 Å². The molecule has 0 spiro atoms. The summed E-state index contributed by atoms with van der Waals surface area (Å²) < 4.78 is 5.12. The van der Waals surface area contributed by atoms with Gasteiger partial charge in [0.15, 0.2) is 6.61 Å². The number of esters is 1. The Hall–Kier alpha value is -3.04. The second-order valence-corrected chi connectivity index (χ2v) is 7.81. The molecular weight excluding hydrogens is 398 g/mol. The van der Waals surface area contributed by atoms with Gasteiger partial charge in [-0.2, -0.15) is 0 Å². The smallest absolute Gasteiger partial charge is 0.312 e. The molecule has 142 valence electrons. The van der Waals surface area contributed by atoms with E-state index in [1.165, 1.54) is 16.2 Å². The first-order valence-corrected chi connectivity index (χ1v) is 10.2. The molecule has 0 aliphatic carbocycles. The van der Waals surface area contributed by atoms with Crippen LogP contribution in [0, 0.1) is 0 Å². The molecule has 0 saturated heterocycles. The highest BCUT2D eigenvalue weighted by atomic mass is 32.1. The van der Waals surface area contributed by atoms with Crippen molar-refractivity contribution in [3.8, 4) is 9.88 Å². The quantitative estimate of drug-likeness (QED) is 0.650. The van der Waals surface area contributed by atoms with Crippen molar-refractivity contribution in [3.63, 3.8) is 0 Å². The van der Waals surface area contributed by atoms with Crippen LogP contribution >= 0.6 is 22.7 Å². The zero-order chi connectivity index (χ0) is 19.5. The van der Waals surface area contributed by atoms with Crippen molar-refractivity contribution >= 4 is 51.8 Å². The molecule has 28 heavy (non-hydrogen) atoms. The Kier molecular flexibility index (Phi) is 5.18. The number of hydrogen-bond donors (Lipinski definition) is 1. The van der Waals surface area contributed by atoms with Crippen LogP contribution in [0.15, 0.2) is 47.2 Å². The number of benzene rings is 1. The Labute approximate surface area is 168 Å². The monoisotopic (exact) mass is 413 g/mol. The Balaban J connectivity index is 1.35. The van der Waals surface area contributed by atoms with E-state index >= 15 is 0 Å². The average molecular weight is 413 g/mol. The van der Waals surface area contributed by atoms with Gasteiger partial charge in [-0.15, -0.1) is 22.7 Å². The van der Waals surface area contributed by atoms with E-state index in [1.807, 2.05) is 22.9 Å². The van der Waals surface area contributed by atoms with Crippen LogP contribution in [0.1, 0.15) is 5.69 Å². The third-order valence-corrected chi connectivity index (χ3v) is 5.97. The average Bonchev–Trinajstić information content (AvgIpc) is 3.37. The molecule has 1 aliphatic heterocycles. The highest BCUT2D eigenvalue weighted by Gasteiger charge is 2.27. The van der Waals surface area contributed by atoms with Crippen LogP contribution in [0.2, 0.25) is 0 Å². The molecule has 0 radical (unpaired) electrons. The van der Waals surface area contributed by atoms with Gasteiger partial charge in [0.25, 0.3) is 5.91 Å². The van der Waals surface area contributed by atoms with Crippen molar-refractivity contribution < 1.29 is 19.1 Å². The topological polar surface area (TPSA) is 88.6 Å². The van der Waals surface area contributed by atoms with Crippen LogP contribution in [-0.2, 0) is 25.5 Å². The number of para-hydroxylation sites is 2. The lowest BCUT2D eigenvalue weighted by atomic mass is 10.2. The number of anilines is 2.